The van der Waals surface area contributed by atoms with Crippen molar-refractivity contribution in [1.82, 2.24) is 0 Å². The van der Waals surface area contributed by atoms with Crippen LogP contribution in [0, 0.1) is 11.8 Å². The Labute approximate surface area is 592 Å². The predicted octanol–water partition coefficient (Wildman–Crippen LogP) is 22.7. The highest BCUT2D eigenvalue weighted by Gasteiger charge is 2.30. The lowest BCUT2D eigenvalue weighted by molar-refractivity contribution is -0.161. The molecular formula is C78H148O17P2. The van der Waals surface area contributed by atoms with Crippen molar-refractivity contribution in [1.29, 1.82) is 0 Å². The number of hydrogen-bond acceptors (Lipinski definition) is 15. The molecule has 3 unspecified atom stereocenters. The van der Waals surface area contributed by atoms with Gasteiger partial charge in [0.05, 0.1) is 26.4 Å². The van der Waals surface area contributed by atoms with Crippen molar-refractivity contribution in [3.8, 4) is 0 Å². The number of allylic oxidation sites excluding steroid dienone is 4. The van der Waals surface area contributed by atoms with Crippen LogP contribution in [0.25, 0.3) is 0 Å². The highest BCUT2D eigenvalue weighted by Crippen LogP contribution is 2.45. The molecule has 0 aromatic heterocycles. The highest BCUT2D eigenvalue weighted by atomic mass is 31.2. The van der Waals surface area contributed by atoms with Crippen LogP contribution in [-0.4, -0.2) is 96.7 Å². The molecule has 0 spiro atoms. The molecule has 97 heavy (non-hydrogen) atoms. The summed E-state index contributed by atoms with van der Waals surface area (Å²) in [4.78, 5) is 72.9. The van der Waals surface area contributed by atoms with E-state index in [1.54, 1.807) is 0 Å². The van der Waals surface area contributed by atoms with Crippen LogP contribution in [0.4, 0.5) is 0 Å². The predicted molar refractivity (Wildman–Crippen MR) is 395 cm³/mol. The quantitative estimate of drug-likeness (QED) is 0.0169. The van der Waals surface area contributed by atoms with Crippen molar-refractivity contribution in [3.63, 3.8) is 0 Å². The highest BCUT2D eigenvalue weighted by molar-refractivity contribution is 7.47. The third kappa shape index (κ3) is 70.4. The number of phosphoric acid groups is 2. The van der Waals surface area contributed by atoms with Crippen LogP contribution in [0.5, 0.6) is 0 Å². The number of rotatable bonds is 75. The van der Waals surface area contributed by atoms with E-state index in [9.17, 15) is 43.2 Å². The standard InChI is InChI=1S/C78H148O17P2/c1-7-10-12-14-16-18-20-22-23-26-30-37-43-49-55-61-76(81)89-66-73(94-77(82)62-56-50-44-38-31-27-24-25-28-34-40-46-52-58-70(4)5)68-92-96(84,85)90-64-72(79)65-91-97(86,87)93-69-74(67-88-75(80)60-54-48-42-36-29-21-19-17-15-13-11-8-2)95-78(83)63-57-51-45-39-33-32-35-41-47-53-59-71(6)9-3/h18,20,22-23,70-74,79H,7-17,19,21,24-69H2,1-6H3,(H,84,85)(H,86,87)/b20-18-,23-22-/t71?,72-,73-,74-/m1/s1. The molecule has 3 N–H and O–H groups in total. The van der Waals surface area contributed by atoms with Crippen LogP contribution in [0.1, 0.15) is 382 Å². The second-order valence-corrected chi connectivity index (χ2v) is 31.0. The molecule has 0 bridgehead atoms. The van der Waals surface area contributed by atoms with E-state index in [1.807, 2.05) is 0 Å². The van der Waals surface area contributed by atoms with Gasteiger partial charge in [0.15, 0.2) is 12.2 Å². The van der Waals surface area contributed by atoms with Gasteiger partial charge in [0, 0.05) is 25.7 Å². The summed E-state index contributed by atoms with van der Waals surface area (Å²) in [5.74, 6) is -0.556. The first-order valence-electron chi connectivity index (χ1n) is 39.8. The molecule has 0 rings (SSSR count). The van der Waals surface area contributed by atoms with Gasteiger partial charge in [0.25, 0.3) is 0 Å². The van der Waals surface area contributed by atoms with Gasteiger partial charge in [0.2, 0.25) is 0 Å². The molecule has 0 aromatic carbocycles. The fraction of sp³-hybridized carbons (Fsp3) is 0.897. The molecule has 0 radical (unpaired) electrons. The van der Waals surface area contributed by atoms with E-state index in [1.165, 1.54) is 180 Å². The summed E-state index contributed by atoms with van der Waals surface area (Å²) in [6, 6.07) is 0. The summed E-state index contributed by atoms with van der Waals surface area (Å²) in [5, 5.41) is 10.6. The molecule has 19 heteroatoms. The van der Waals surface area contributed by atoms with Crippen LogP contribution < -0.4 is 0 Å². The van der Waals surface area contributed by atoms with Gasteiger partial charge in [-0.2, -0.15) is 0 Å². The summed E-state index contributed by atoms with van der Waals surface area (Å²) in [7, 11) is -9.93. The lowest BCUT2D eigenvalue weighted by Crippen LogP contribution is -2.30. The van der Waals surface area contributed by atoms with E-state index in [0.717, 1.165) is 121 Å². The molecule has 0 saturated carbocycles. The second kappa shape index (κ2) is 69.3. The maximum absolute atomic E-state index is 13.1. The van der Waals surface area contributed by atoms with Crippen LogP contribution in [0.15, 0.2) is 24.3 Å². The second-order valence-electron chi connectivity index (χ2n) is 28.1. The Kier molecular flexibility index (Phi) is 67.5. The van der Waals surface area contributed by atoms with Gasteiger partial charge in [0.1, 0.15) is 19.3 Å². The number of unbranched alkanes of at least 4 members (excludes halogenated alkanes) is 41. The number of aliphatic hydroxyl groups excluding tert-OH is 1. The molecule has 572 valence electrons. The minimum Gasteiger partial charge on any atom is -0.462 e. The molecule has 0 aliphatic carbocycles. The maximum atomic E-state index is 13.1. The van der Waals surface area contributed by atoms with E-state index >= 15 is 0 Å². The summed E-state index contributed by atoms with van der Waals surface area (Å²) >= 11 is 0. The van der Waals surface area contributed by atoms with Crippen molar-refractivity contribution in [2.45, 2.75) is 400 Å². The minimum atomic E-state index is -4.97. The minimum absolute atomic E-state index is 0.100. The molecule has 0 aromatic rings. The van der Waals surface area contributed by atoms with Gasteiger partial charge in [-0.15, -0.1) is 0 Å². The number of phosphoric ester groups is 2. The fourth-order valence-corrected chi connectivity index (χ4v) is 13.0. The van der Waals surface area contributed by atoms with Crippen LogP contribution in [-0.2, 0) is 65.4 Å². The number of carbonyl (C=O) groups is 4. The zero-order chi connectivity index (χ0) is 71.4. The summed E-state index contributed by atoms with van der Waals surface area (Å²) in [5.41, 5.74) is 0. The monoisotopic (exact) mass is 1420 g/mol. The van der Waals surface area contributed by atoms with Gasteiger partial charge in [-0.1, -0.05) is 329 Å². The topological polar surface area (TPSA) is 237 Å². The number of ether oxygens (including phenoxy) is 4. The summed E-state index contributed by atoms with van der Waals surface area (Å²) in [6.45, 7) is 9.59. The molecule has 6 atom stereocenters. The average Bonchev–Trinajstić information content (AvgIpc) is 1.60. The lowest BCUT2D eigenvalue weighted by Gasteiger charge is -2.21. The number of aliphatic hydroxyl groups is 1. The van der Waals surface area contributed by atoms with Gasteiger partial charge < -0.3 is 33.8 Å². The largest absolute Gasteiger partial charge is 0.472 e. The normalized spacial score (nSPS) is 14.4. The zero-order valence-electron chi connectivity index (χ0n) is 62.9. The molecule has 0 saturated heterocycles. The molecule has 17 nitrogen and oxygen atoms in total. The van der Waals surface area contributed by atoms with Gasteiger partial charge >= 0.3 is 39.5 Å². The number of carbonyl (C=O) groups excluding carboxylic acids is 4. The molecule has 0 amide bonds. The molecule has 0 fully saturated rings. The van der Waals surface area contributed by atoms with Crippen LogP contribution in [0.3, 0.4) is 0 Å². The Hall–Kier alpha value is -2.46. The van der Waals surface area contributed by atoms with Gasteiger partial charge in [-0.05, 0) is 63.2 Å². The van der Waals surface area contributed by atoms with Crippen molar-refractivity contribution >= 4 is 39.5 Å². The number of hydrogen-bond donors (Lipinski definition) is 3. The third-order valence-electron chi connectivity index (χ3n) is 17.9. The fourth-order valence-electron chi connectivity index (χ4n) is 11.4. The first kappa shape index (κ1) is 94.5. The number of esters is 4. The Balaban J connectivity index is 5.31. The van der Waals surface area contributed by atoms with Crippen molar-refractivity contribution < 1.29 is 80.2 Å². The first-order valence-corrected chi connectivity index (χ1v) is 42.8. The maximum Gasteiger partial charge on any atom is 0.472 e. The Morgan fingerprint density at radius 2 is 0.608 bits per heavy atom. The lowest BCUT2D eigenvalue weighted by atomic mass is 9.99. The molecule has 0 heterocycles. The van der Waals surface area contributed by atoms with Crippen LogP contribution in [0.2, 0.25) is 0 Å². The molecule has 0 aliphatic rings. The molecule has 0 aliphatic heterocycles. The van der Waals surface area contributed by atoms with Crippen LogP contribution >= 0.6 is 15.6 Å². The van der Waals surface area contributed by atoms with E-state index in [-0.39, 0.29) is 25.7 Å². The average molecular weight is 1420 g/mol. The third-order valence-corrected chi connectivity index (χ3v) is 19.8. The van der Waals surface area contributed by atoms with E-state index in [0.29, 0.717) is 25.7 Å². The van der Waals surface area contributed by atoms with E-state index in [4.69, 9.17) is 37.0 Å². The van der Waals surface area contributed by atoms with Crippen molar-refractivity contribution in [2.24, 2.45) is 11.8 Å². The van der Waals surface area contributed by atoms with Gasteiger partial charge in [-0.3, -0.25) is 37.3 Å². The summed E-state index contributed by atoms with van der Waals surface area (Å²) < 4.78 is 68.6. The summed E-state index contributed by atoms with van der Waals surface area (Å²) in [6.07, 6.45) is 60.2. The Morgan fingerprint density at radius 1 is 0.340 bits per heavy atom. The Bertz CT molecular complexity index is 1970. The van der Waals surface area contributed by atoms with Crippen molar-refractivity contribution in [3.05, 3.63) is 24.3 Å². The van der Waals surface area contributed by atoms with E-state index in [2.05, 4.69) is 65.8 Å². The van der Waals surface area contributed by atoms with Crippen molar-refractivity contribution in [2.75, 3.05) is 39.6 Å². The SMILES string of the molecule is CCCCCC/C=C\C=C/CCCCCCCC(=O)OC[C@H](COP(=O)(O)OC[C@@H](O)COP(=O)(O)OC[C@@H](COC(=O)CCCCCCCCCCCCCC)OC(=O)CCCCCCCCCCCCC(C)CC)OC(=O)CCCCCCCCCCCCCCCC(C)C. The molecular weight excluding hydrogens is 1270 g/mol. The smallest absolute Gasteiger partial charge is 0.462 e. The Morgan fingerprint density at radius 3 is 0.928 bits per heavy atom. The van der Waals surface area contributed by atoms with Gasteiger partial charge in [-0.25, -0.2) is 9.13 Å². The zero-order valence-corrected chi connectivity index (χ0v) is 64.7. The van der Waals surface area contributed by atoms with E-state index < -0.39 is 97.5 Å². The first-order chi connectivity index (χ1) is 46.9.